The molecule has 0 saturated heterocycles. The topological polar surface area (TPSA) is 44.1 Å². The van der Waals surface area contributed by atoms with Crippen LogP contribution < -0.4 is 0 Å². The molecule has 22 heavy (non-hydrogen) atoms. The zero-order chi connectivity index (χ0) is 15.5. The molecule has 1 heterocycles. The van der Waals surface area contributed by atoms with Crippen LogP contribution >= 0.6 is 11.6 Å². The number of carbonyl (C=O) groups excluding carboxylic acids is 1. The first kappa shape index (κ1) is 14.6. The van der Waals surface area contributed by atoms with E-state index in [0.29, 0.717) is 5.02 Å². The molecule has 112 valence electrons. The summed E-state index contributed by atoms with van der Waals surface area (Å²) in [6.45, 7) is 1.93. The van der Waals surface area contributed by atoms with Gasteiger partial charge >= 0.3 is 5.97 Å². The molecular weight excluding hydrogens is 300 g/mol. The largest absolute Gasteiger partial charge is 0.456 e. The van der Waals surface area contributed by atoms with E-state index in [2.05, 4.69) is 4.98 Å². The maximum absolute atomic E-state index is 12.1. The molecule has 3 aromatic rings. The van der Waals surface area contributed by atoms with Gasteiger partial charge < -0.3 is 9.30 Å². The molecule has 0 aliphatic heterocycles. The van der Waals surface area contributed by atoms with Gasteiger partial charge in [-0.1, -0.05) is 41.9 Å². The molecule has 5 heteroatoms. The van der Waals surface area contributed by atoms with Gasteiger partial charge in [0, 0.05) is 10.6 Å². The molecule has 0 radical (unpaired) electrons. The van der Waals surface area contributed by atoms with Crippen molar-refractivity contribution < 1.29 is 9.53 Å². The molecule has 1 aromatic heterocycles. The van der Waals surface area contributed by atoms with E-state index in [0.717, 1.165) is 16.6 Å². The Labute approximate surface area is 133 Å². The number of nitrogens with zero attached hydrogens (tertiary/aromatic N) is 2. The number of ether oxygens (including phenoxy) is 1. The number of halogens is 1. The van der Waals surface area contributed by atoms with Crippen LogP contribution in [0.3, 0.4) is 0 Å². The van der Waals surface area contributed by atoms with Gasteiger partial charge in [-0.3, -0.25) is 4.79 Å². The number of rotatable bonds is 4. The highest BCUT2D eigenvalue weighted by atomic mass is 35.5. The number of esters is 1. The highest BCUT2D eigenvalue weighted by Crippen LogP contribution is 2.25. The Hall–Kier alpha value is -2.33. The molecule has 3 rings (SSSR count). The zero-order valence-corrected chi connectivity index (χ0v) is 12.8. The quantitative estimate of drug-likeness (QED) is 0.684. The lowest BCUT2D eigenvalue weighted by Gasteiger charge is -2.15. The van der Waals surface area contributed by atoms with E-state index in [1.807, 2.05) is 49.4 Å². The molecule has 0 amide bonds. The Morgan fingerprint density at radius 3 is 2.77 bits per heavy atom. The minimum absolute atomic E-state index is 0.120. The van der Waals surface area contributed by atoms with Crippen LogP contribution in [0.25, 0.3) is 11.0 Å². The predicted molar refractivity (Wildman–Crippen MR) is 85.7 cm³/mol. The minimum Gasteiger partial charge on any atom is -0.456 e. The summed E-state index contributed by atoms with van der Waals surface area (Å²) in [5.41, 5.74) is 2.56. The molecule has 1 atom stereocenters. The van der Waals surface area contributed by atoms with Crippen molar-refractivity contribution in [1.82, 2.24) is 9.55 Å². The van der Waals surface area contributed by atoms with Crippen LogP contribution in [0, 0.1) is 0 Å². The fourth-order valence-corrected chi connectivity index (χ4v) is 2.67. The molecule has 0 N–H and O–H groups in total. The first-order valence-corrected chi connectivity index (χ1v) is 7.37. The van der Waals surface area contributed by atoms with E-state index in [9.17, 15) is 4.79 Å². The number of aromatic nitrogens is 2. The van der Waals surface area contributed by atoms with E-state index >= 15 is 0 Å². The highest BCUT2D eigenvalue weighted by molar-refractivity contribution is 6.31. The average molecular weight is 315 g/mol. The normalized spacial score (nSPS) is 12.3. The van der Waals surface area contributed by atoms with E-state index in [1.165, 1.54) is 0 Å². The van der Waals surface area contributed by atoms with Crippen LogP contribution in [0.4, 0.5) is 0 Å². The number of carbonyl (C=O) groups is 1. The van der Waals surface area contributed by atoms with Gasteiger partial charge in [-0.25, -0.2) is 4.98 Å². The van der Waals surface area contributed by atoms with E-state index in [4.69, 9.17) is 16.3 Å². The lowest BCUT2D eigenvalue weighted by Crippen LogP contribution is -2.15. The van der Waals surface area contributed by atoms with Gasteiger partial charge in [0.15, 0.2) is 0 Å². The lowest BCUT2D eigenvalue weighted by molar-refractivity contribution is -0.149. The maximum atomic E-state index is 12.1. The standard InChI is InChI=1S/C17H15ClN2O2/c1-12(13-6-2-3-7-14(13)18)22-17(21)10-20-11-19-15-8-4-5-9-16(15)20/h2-9,11-12H,10H2,1H3/t12-/m1/s1. The molecule has 0 aliphatic carbocycles. The van der Waals surface area contributed by atoms with Crippen molar-refractivity contribution in [2.75, 3.05) is 0 Å². The lowest BCUT2D eigenvalue weighted by atomic mass is 10.1. The number of imidazole rings is 1. The van der Waals surface area contributed by atoms with Gasteiger partial charge in [0.1, 0.15) is 12.6 Å². The van der Waals surface area contributed by atoms with E-state index < -0.39 is 6.10 Å². The van der Waals surface area contributed by atoms with Gasteiger partial charge in [-0.05, 0) is 25.1 Å². The first-order chi connectivity index (χ1) is 10.6. The predicted octanol–water partition coefficient (Wildman–Crippen LogP) is 3.99. The smallest absolute Gasteiger partial charge is 0.326 e. The van der Waals surface area contributed by atoms with E-state index in [-0.39, 0.29) is 12.5 Å². The monoisotopic (exact) mass is 314 g/mol. The van der Waals surface area contributed by atoms with Crippen molar-refractivity contribution in [3.8, 4) is 0 Å². The molecule has 4 nitrogen and oxygen atoms in total. The summed E-state index contributed by atoms with van der Waals surface area (Å²) in [6, 6.07) is 15.0. The Bertz CT molecular complexity index is 813. The fraction of sp³-hybridized carbons (Fsp3) is 0.176. The van der Waals surface area contributed by atoms with Crippen LogP contribution in [0.2, 0.25) is 5.02 Å². The Morgan fingerprint density at radius 1 is 1.23 bits per heavy atom. The molecule has 0 saturated carbocycles. The summed E-state index contributed by atoms with van der Waals surface area (Å²) in [5.74, 6) is -0.324. The third kappa shape index (κ3) is 2.97. The van der Waals surface area contributed by atoms with Crippen LogP contribution in [0.5, 0.6) is 0 Å². The molecule has 0 spiro atoms. The van der Waals surface area contributed by atoms with Crippen molar-refractivity contribution in [1.29, 1.82) is 0 Å². The average Bonchev–Trinajstić information content (AvgIpc) is 2.91. The molecule has 2 aromatic carbocycles. The summed E-state index contributed by atoms with van der Waals surface area (Å²) in [6.07, 6.45) is 1.25. The fourth-order valence-electron chi connectivity index (χ4n) is 2.38. The minimum atomic E-state index is -0.393. The Kier molecular flexibility index (Phi) is 4.11. The molecular formula is C17H15ClN2O2. The van der Waals surface area contributed by atoms with Gasteiger partial charge in [0.25, 0.3) is 0 Å². The van der Waals surface area contributed by atoms with E-state index in [1.54, 1.807) is 17.0 Å². The van der Waals surface area contributed by atoms with Crippen LogP contribution in [0.15, 0.2) is 54.9 Å². The molecule has 0 aliphatic rings. The maximum Gasteiger partial charge on any atom is 0.326 e. The van der Waals surface area contributed by atoms with Crippen molar-refractivity contribution in [2.24, 2.45) is 0 Å². The third-order valence-corrected chi connectivity index (χ3v) is 3.82. The summed E-state index contributed by atoms with van der Waals surface area (Å²) < 4.78 is 7.24. The van der Waals surface area contributed by atoms with Crippen molar-refractivity contribution in [3.05, 3.63) is 65.4 Å². The van der Waals surface area contributed by atoms with Crippen molar-refractivity contribution in [3.63, 3.8) is 0 Å². The Morgan fingerprint density at radius 2 is 1.95 bits per heavy atom. The van der Waals surface area contributed by atoms with Gasteiger partial charge in [-0.15, -0.1) is 0 Å². The third-order valence-electron chi connectivity index (χ3n) is 3.48. The highest BCUT2D eigenvalue weighted by Gasteiger charge is 2.15. The number of fused-ring (bicyclic) bond motifs is 1. The van der Waals surface area contributed by atoms with Crippen LogP contribution in [0.1, 0.15) is 18.6 Å². The summed E-state index contributed by atoms with van der Waals surface area (Å²) in [7, 11) is 0. The number of benzene rings is 2. The Balaban J connectivity index is 1.71. The van der Waals surface area contributed by atoms with Gasteiger partial charge in [0.2, 0.25) is 0 Å². The second kappa shape index (κ2) is 6.20. The first-order valence-electron chi connectivity index (χ1n) is 6.99. The van der Waals surface area contributed by atoms with Crippen molar-refractivity contribution >= 4 is 28.6 Å². The molecule has 0 bridgehead atoms. The molecule has 0 fully saturated rings. The summed E-state index contributed by atoms with van der Waals surface area (Å²) in [4.78, 5) is 16.4. The van der Waals surface area contributed by atoms with Crippen LogP contribution in [-0.2, 0) is 16.1 Å². The zero-order valence-electron chi connectivity index (χ0n) is 12.1. The summed E-state index contributed by atoms with van der Waals surface area (Å²) >= 11 is 6.12. The van der Waals surface area contributed by atoms with Gasteiger partial charge in [0.05, 0.1) is 17.4 Å². The SMILES string of the molecule is C[C@@H](OC(=O)Cn1cnc2ccccc21)c1ccccc1Cl. The number of hydrogen-bond acceptors (Lipinski definition) is 3. The second-order valence-corrected chi connectivity index (χ2v) is 5.42. The number of para-hydroxylation sites is 2. The molecule has 0 unspecified atom stereocenters. The second-order valence-electron chi connectivity index (χ2n) is 5.01. The van der Waals surface area contributed by atoms with Crippen LogP contribution in [-0.4, -0.2) is 15.5 Å². The summed E-state index contributed by atoms with van der Waals surface area (Å²) in [5, 5.41) is 0.593. The van der Waals surface area contributed by atoms with Gasteiger partial charge in [-0.2, -0.15) is 0 Å². The number of hydrogen-bond donors (Lipinski definition) is 0. The van der Waals surface area contributed by atoms with Crippen molar-refractivity contribution in [2.45, 2.75) is 19.6 Å².